The minimum absolute atomic E-state index is 0.255. The van der Waals surface area contributed by atoms with Gasteiger partial charge in [0.05, 0.1) is 5.52 Å². The molecule has 0 N–H and O–H groups in total. The van der Waals surface area contributed by atoms with Crippen LogP contribution in [0, 0.1) is 5.82 Å². The van der Waals surface area contributed by atoms with Crippen LogP contribution in [-0.2, 0) is 12.7 Å². The van der Waals surface area contributed by atoms with Crippen molar-refractivity contribution < 1.29 is 17.6 Å². The highest BCUT2D eigenvalue weighted by Crippen LogP contribution is 2.36. The number of nitrogens with zero attached hydrogens (tertiary/aromatic N) is 4. The fourth-order valence-corrected chi connectivity index (χ4v) is 4.53. The van der Waals surface area contributed by atoms with Crippen LogP contribution in [0.2, 0.25) is 0 Å². The zero-order valence-corrected chi connectivity index (χ0v) is 19.0. The van der Waals surface area contributed by atoms with Gasteiger partial charge in [0, 0.05) is 49.9 Å². The van der Waals surface area contributed by atoms with Gasteiger partial charge in [-0.05, 0) is 41.8 Å². The fraction of sp³-hybridized carbons (Fsp3) is 0.259. The molecule has 2 aromatic carbocycles. The van der Waals surface area contributed by atoms with Gasteiger partial charge in [0.1, 0.15) is 17.3 Å². The topological polar surface area (TPSA) is 32.3 Å². The third kappa shape index (κ3) is 5.12. The summed E-state index contributed by atoms with van der Waals surface area (Å²) in [7, 11) is 0. The summed E-state index contributed by atoms with van der Waals surface area (Å²) in [5, 5.41) is 0.603. The van der Waals surface area contributed by atoms with E-state index in [9.17, 15) is 17.6 Å². The van der Waals surface area contributed by atoms with Crippen molar-refractivity contribution in [2.24, 2.45) is 0 Å². The third-order valence-corrected chi connectivity index (χ3v) is 6.29. The summed E-state index contributed by atoms with van der Waals surface area (Å²) in [5.74, 6) is 0.388. The van der Waals surface area contributed by atoms with Crippen LogP contribution in [0.1, 0.15) is 17.7 Å². The molecule has 1 aliphatic heterocycles. The minimum atomic E-state index is -4.53. The average molecular weight is 481 g/mol. The van der Waals surface area contributed by atoms with Crippen LogP contribution >= 0.6 is 0 Å². The predicted octanol–water partition coefficient (Wildman–Crippen LogP) is 6.17. The molecule has 0 amide bonds. The molecule has 0 atom stereocenters. The molecule has 5 rings (SSSR count). The Balaban J connectivity index is 1.46. The molecule has 8 heteroatoms. The molecule has 0 aliphatic carbocycles. The Morgan fingerprint density at radius 2 is 1.60 bits per heavy atom. The molecular weight excluding hydrogens is 456 g/mol. The van der Waals surface area contributed by atoms with E-state index >= 15 is 0 Å². The lowest BCUT2D eigenvalue weighted by Gasteiger charge is -2.24. The van der Waals surface area contributed by atoms with Crippen LogP contribution in [-0.4, -0.2) is 41.0 Å². The fourth-order valence-electron chi connectivity index (χ4n) is 4.53. The second-order valence-electron chi connectivity index (χ2n) is 8.70. The van der Waals surface area contributed by atoms with E-state index < -0.39 is 11.9 Å². The Morgan fingerprint density at radius 1 is 0.829 bits per heavy atom. The molecule has 1 aliphatic rings. The summed E-state index contributed by atoms with van der Waals surface area (Å²) in [5.41, 5.74) is 1.76. The standard InChI is InChI=1S/C27H24F4N4/c28-21-9-7-19(8-10-21)18-34-13-4-14-35(16-15-34)26-22-11-12-24(27(29,30)31)33-25(22)23(17-32-26)20-5-2-1-3-6-20/h1-3,5-12,17H,4,13-16,18H2. The highest BCUT2D eigenvalue weighted by atomic mass is 19.4. The number of hydrogen-bond acceptors (Lipinski definition) is 4. The van der Waals surface area contributed by atoms with Crippen molar-refractivity contribution in [1.29, 1.82) is 0 Å². The predicted molar refractivity (Wildman–Crippen MR) is 128 cm³/mol. The number of alkyl halides is 3. The van der Waals surface area contributed by atoms with Gasteiger partial charge in [-0.25, -0.2) is 14.4 Å². The highest BCUT2D eigenvalue weighted by molar-refractivity contribution is 5.99. The van der Waals surface area contributed by atoms with E-state index in [0.29, 0.717) is 35.4 Å². The zero-order valence-electron chi connectivity index (χ0n) is 19.0. The molecule has 0 radical (unpaired) electrons. The summed E-state index contributed by atoms with van der Waals surface area (Å²) in [4.78, 5) is 13.2. The quantitative estimate of drug-likeness (QED) is 0.327. The molecule has 0 saturated carbocycles. The van der Waals surface area contributed by atoms with Crippen molar-refractivity contribution in [2.45, 2.75) is 19.1 Å². The maximum atomic E-state index is 13.5. The first kappa shape index (κ1) is 23.2. The molecule has 180 valence electrons. The summed E-state index contributed by atoms with van der Waals surface area (Å²) in [6, 6.07) is 18.3. The number of fused-ring (bicyclic) bond motifs is 1. The summed E-state index contributed by atoms with van der Waals surface area (Å²) in [6.07, 6.45) is -2.03. The molecule has 1 fully saturated rings. The van der Waals surface area contributed by atoms with Crippen LogP contribution < -0.4 is 4.90 Å². The molecule has 0 spiro atoms. The second-order valence-corrected chi connectivity index (χ2v) is 8.70. The minimum Gasteiger partial charge on any atom is -0.355 e. The van der Waals surface area contributed by atoms with Crippen molar-refractivity contribution in [1.82, 2.24) is 14.9 Å². The van der Waals surface area contributed by atoms with E-state index in [1.165, 1.54) is 18.2 Å². The van der Waals surface area contributed by atoms with E-state index in [4.69, 9.17) is 4.98 Å². The van der Waals surface area contributed by atoms with Crippen LogP contribution in [0.3, 0.4) is 0 Å². The molecule has 2 aromatic heterocycles. The highest BCUT2D eigenvalue weighted by Gasteiger charge is 2.33. The lowest BCUT2D eigenvalue weighted by atomic mass is 10.0. The van der Waals surface area contributed by atoms with Gasteiger partial charge >= 0.3 is 6.18 Å². The smallest absolute Gasteiger partial charge is 0.355 e. The van der Waals surface area contributed by atoms with E-state index in [1.807, 2.05) is 30.3 Å². The van der Waals surface area contributed by atoms with Gasteiger partial charge in [-0.3, -0.25) is 4.90 Å². The monoisotopic (exact) mass is 480 g/mol. The number of benzene rings is 2. The lowest BCUT2D eigenvalue weighted by Crippen LogP contribution is -2.31. The molecule has 0 bridgehead atoms. The van der Waals surface area contributed by atoms with E-state index in [-0.39, 0.29) is 5.82 Å². The van der Waals surface area contributed by atoms with Crippen molar-refractivity contribution in [2.75, 3.05) is 31.1 Å². The first-order valence-electron chi connectivity index (χ1n) is 11.5. The van der Waals surface area contributed by atoms with Crippen LogP contribution in [0.15, 0.2) is 72.9 Å². The van der Waals surface area contributed by atoms with Crippen LogP contribution in [0.4, 0.5) is 23.4 Å². The molecule has 1 saturated heterocycles. The normalized spacial score (nSPS) is 15.4. The van der Waals surface area contributed by atoms with E-state index in [2.05, 4.69) is 14.8 Å². The van der Waals surface area contributed by atoms with Crippen molar-refractivity contribution >= 4 is 16.7 Å². The van der Waals surface area contributed by atoms with Crippen LogP contribution in [0.5, 0.6) is 0 Å². The van der Waals surface area contributed by atoms with Gasteiger partial charge < -0.3 is 4.90 Å². The number of halogens is 4. The summed E-state index contributed by atoms with van der Waals surface area (Å²) in [6.45, 7) is 3.74. The maximum Gasteiger partial charge on any atom is 0.433 e. The molecule has 0 unspecified atom stereocenters. The maximum absolute atomic E-state index is 13.5. The number of aromatic nitrogens is 2. The largest absolute Gasteiger partial charge is 0.433 e. The first-order chi connectivity index (χ1) is 16.9. The number of hydrogen-bond donors (Lipinski definition) is 0. The SMILES string of the molecule is Fc1ccc(CN2CCCN(c3ncc(-c4ccccc4)c4nc(C(F)(F)F)ccc34)CC2)cc1. The molecule has 35 heavy (non-hydrogen) atoms. The molecular formula is C27H24F4N4. The van der Waals surface area contributed by atoms with Gasteiger partial charge in [-0.1, -0.05) is 42.5 Å². The van der Waals surface area contributed by atoms with E-state index in [0.717, 1.165) is 43.2 Å². The van der Waals surface area contributed by atoms with Crippen molar-refractivity contribution in [3.05, 3.63) is 90.0 Å². The van der Waals surface area contributed by atoms with Gasteiger partial charge in [0.2, 0.25) is 0 Å². The van der Waals surface area contributed by atoms with Gasteiger partial charge in [-0.2, -0.15) is 13.2 Å². The average Bonchev–Trinajstić information content (AvgIpc) is 3.10. The van der Waals surface area contributed by atoms with E-state index in [1.54, 1.807) is 18.3 Å². The van der Waals surface area contributed by atoms with Crippen molar-refractivity contribution in [3.63, 3.8) is 0 Å². The zero-order chi connectivity index (χ0) is 24.4. The third-order valence-electron chi connectivity index (χ3n) is 6.29. The number of pyridine rings is 2. The Bertz CT molecular complexity index is 1310. The second kappa shape index (κ2) is 9.62. The Kier molecular flexibility index (Phi) is 6.38. The van der Waals surface area contributed by atoms with Crippen LogP contribution in [0.25, 0.3) is 22.0 Å². The van der Waals surface area contributed by atoms with Gasteiger partial charge in [0.25, 0.3) is 0 Å². The number of anilines is 1. The number of rotatable bonds is 4. The Morgan fingerprint density at radius 3 is 2.34 bits per heavy atom. The molecule has 3 heterocycles. The summed E-state index contributed by atoms with van der Waals surface area (Å²) >= 11 is 0. The lowest BCUT2D eigenvalue weighted by molar-refractivity contribution is -0.140. The first-order valence-corrected chi connectivity index (χ1v) is 11.5. The Hall–Kier alpha value is -3.52. The van der Waals surface area contributed by atoms with Crippen molar-refractivity contribution in [3.8, 4) is 11.1 Å². The van der Waals surface area contributed by atoms with Gasteiger partial charge in [0.15, 0.2) is 0 Å². The molecule has 4 aromatic rings. The summed E-state index contributed by atoms with van der Waals surface area (Å²) < 4.78 is 53.7. The molecule has 4 nitrogen and oxygen atoms in total. The van der Waals surface area contributed by atoms with Gasteiger partial charge in [-0.15, -0.1) is 0 Å². The Labute approximate surface area is 200 Å².